The molecule has 0 aliphatic carbocycles. The number of nitrogens with zero attached hydrogens (tertiary/aromatic N) is 6. The third kappa shape index (κ3) is 12.7. The molecule has 2 heterocycles. The van der Waals surface area contributed by atoms with Crippen LogP contribution in [0.5, 0.6) is 0 Å². The summed E-state index contributed by atoms with van der Waals surface area (Å²) in [6, 6.07) is 13.8. The van der Waals surface area contributed by atoms with E-state index in [-0.39, 0.29) is 61.0 Å². The Labute approximate surface area is 317 Å². The molecule has 4 rings (SSSR count). The number of hydrogen-bond acceptors (Lipinski definition) is 12. The van der Waals surface area contributed by atoms with Gasteiger partial charge in [-0.15, -0.1) is 0 Å². The van der Waals surface area contributed by atoms with Crippen LogP contribution in [0.25, 0.3) is 11.2 Å². The van der Waals surface area contributed by atoms with E-state index < -0.39 is 58.2 Å². The van der Waals surface area contributed by atoms with E-state index in [2.05, 4.69) is 35.3 Å². The number of anilines is 1. The monoisotopic (exact) mass is 780 g/mol. The van der Waals surface area contributed by atoms with E-state index in [1.165, 1.54) is 23.0 Å². The van der Waals surface area contributed by atoms with Gasteiger partial charge in [0.25, 0.3) is 10.0 Å². The van der Waals surface area contributed by atoms with Gasteiger partial charge in [0, 0.05) is 19.6 Å². The first-order chi connectivity index (χ1) is 26.0. The van der Waals surface area contributed by atoms with Gasteiger partial charge in [-0.1, -0.05) is 48.0 Å². The van der Waals surface area contributed by atoms with E-state index >= 15 is 0 Å². The molecule has 55 heavy (non-hydrogen) atoms. The van der Waals surface area contributed by atoms with Gasteiger partial charge in [-0.25, -0.2) is 42.5 Å². The molecule has 4 aromatic rings. The lowest BCUT2D eigenvalue weighted by molar-refractivity contribution is -0.150. The van der Waals surface area contributed by atoms with Crippen molar-refractivity contribution in [1.82, 2.24) is 34.5 Å². The molecule has 2 aromatic heterocycles. The fourth-order valence-corrected chi connectivity index (χ4v) is 6.02. The molecule has 0 saturated heterocycles. The fraction of sp³-hybridized carbons (Fsp3) is 0.371. The summed E-state index contributed by atoms with van der Waals surface area (Å²) in [6.07, 6.45) is 0.875. The van der Waals surface area contributed by atoms with Gasteiger partial charge in [0.05, 0.1) is 11.2 Å². The van der Waals surface area contributed by atoms with Crippen LogP contribution < -0.4 is 21.1 Å². The van der Waals surface area contributed by atoms with Gasteiger partial charge in [0.15, 0.2) is 17.0 Å². The van der Waals surface area contributed by atoms with Crippen LogP contribution >= 0.6 is 0 Å². The van der Waals surface area contributed by atoms with Crippen molar-refractivity contribution in [3.63, 3.8) is 0 Å². The Hall–Kier alpha value is -6.31. The minimum absolute atomic E-state index is 0.0118. The van der Waals surface area contributed by atoms with Crippen molar-refractivity contribution >= 4 is 57.0 Å². The van der Waals surface area contributed by atoms with E-state index in [1.54, 1.807) is 45.0 Å². The van der Waals surface area contributed by atoms with Gasteiger partial charge in [0.1, 0.15) is 31.1 Å². The van der Waals surface area contributed by atoms with Crippen molar-refractivity contribution in [3.05, 3.63) is 78.4 Å². The number of aliphatic carboxylic acids is 1. The summed E-state index contributed by atoms with van der Waals surface area (Å²) in [6.45, 7) is 6.00. The molecule has 1 atom stereocenters. The summed E-state index contributed by atoms with van der Waals surface area (Å²) in [4.78, 5) is 68.9. The Morgan fingerprint density at radius 1 is 1.02 bits per heavy atom. The highest BCUT2D eigenvalue weighted by Crippen LogP contribution is 2.19. The Morgan fingerprint density at radius 2 is 1.73 bits per heavy atom. The van der Waals surface area contributed by atoms with Crippen LogP contribution in [0, 0.1) is 6.92 Å². The quantitative estimate of drug-likeness (QED) is 0.0623. The number of sulfonamides is 1. The SMILES string of the molecule is Cc1ccc(S(=O)(=O)NC(N)=NCCC[C@H](C(=O)O)N(CCNC(=O)OC(C)(C)C)C(=O)Cn2cnc3c(NC(=O)OCc4ccccc4)ncnc32)cc1. The van der Waals surface area contributed by atoms with Gasteiger partial charge < -0.3 is 35.1 Å². The number of imidazole rings is 1. The van der Waals surface area contributed by atoms with E-state index in [0.29, 0.717) is 0 Å². The second-order valence-electron chi connectivity index (χ2n) is 13.2. The van der Waals surface area contributed by atoms with Crippen LogP contribution in [0.4, 0.5) is 15.4 Å². The van der Waals surface area contributed by atoms with Crippen molar-refractivity contribution < 1.29 is 42.2 Å². The highest BCUT2D eigenvalue weighted by Gasteiger charge is 2.30. The van der Waals surface area contributed by atoms with Crippen molar-refractivity contribution in [2.45, 2.75) is 70.2 Å². The summed E-state index contributed by atoms with van der Waals surface area (Å²) >= 11 is 0. The highest BCUT2D eigenvalue weighted by molar-refractivity contribution is 7.90. The standard InChI is InChI=1S/C35H44N10O9S/c1-23-12-14-25(15-13-23)55(51,52)43-32(36)37-16-8-11-26(31(47)48)45(18-17-38-33(49)54-35(2,3)4)27(46)19-44-22-41-28-29(39-21-40-30(28)44)42-34(50)53-20-24-9-6-5-7-10-24/h5-7,9-10,12-15,21-22,26H,8,11,16-20H2,1-4H3,(H,38,49)(H,47,48)(H3,36,37,43)(H,39,40,42,50)/t26-/m1/s1. The van der Waals surface area contributed by atoms with Crippen LogP contribution in [0.3, 0.4) is 0 Å². The zero-order valence-electron chi connectivity index (χ0n) is 30.8. The van der Waals surface area contributed by atoms with Crippen LogP contribution in [0.1, 0.15) is 44.7 Å². The molecular weight excluding hydrogens is 737 g/mol. The summed E-state index contributed by atoms with van der Waals surface area (Å²) < 4.78 is 39.4. The van der Waals surface area contributed by atoms with Crippen molar-refractivity contribution in [2.75, 3.05) is 25.0 Å². The second kappa shape index (κ2) is 18.6. The Bertz CT molecular complexity index is 2100. The molecule has 294 valence electrons. The minimum Gasteiger partial charge on any atom is -0.480 e. The number of carboxylic acids is 1. The lowest BCUT2D eigenvalue weighted by atomic mass is 10.1. The number of hydrogen-bond donors (Lipinski definition) is 5. The lowest BCUT2D eigenvalue weighted by Crippen LogP contribution is -2.49. The van der Waals surface area contributed by atoms with Gasteiger partial charge >= 0.3 is 18.2 Å². The second-order valence-corrected chi connectivity index (χ2v) is 14.8. The van der Waals surface area contributed by atoms with E-state index in [4.69, 9.17) is 15.2 Å². The lowest BCUT2D eigenvalue weighted by Gasteiger charge is -2.29. The number of carboxylic acid groups (broad SMARTS) is 1. The Balaban J connectivity index is 1.46. The zero-order chi connectivity index (χ0) is 40.2. The number of ether oxygens (including phenoxy) is 2. The predicted molar refractivity (Wildman–Crippen MR) is 200 cm³/mol. The number of benzene rings is 2. The minimum atomic E-state index is -4.00. The number of carbonyl (C=O) groups is 4. The first kappa shape index (κ1) is 41.4. The first-order valence-electron chi connectivity index (χ1n) is 17.0. The third-order valence-corrected chi connectivity index (χ3v) is 9.00. The smallest absolute Gasteiger partial charge is 0.413 e. The van der Waals surface area contributed by atoms with E-state index in [1.807, 2.05) is 25.1 Å². The van der Waals surface area contributed by atoms with E-state index in [0.717, 1.165) is 22.4 Å². The maximum atomic E-state index is 13.9. The maximum absolute atomic E-state index is 13.9. The number of guanidine groups is 1. The summed E-state index contributed by atoms with van der Waals surface area (Å²) in [5.74, 6) is -2.37. The van der Waals surface area contributed by atoms with Crippen LogP contribution in [0.2, 0.25) is 0 Å². The molecule has 0 aliphatic heterocycles. The summed E-state index contributed by atoms with van der Waals surface area (Å²) in [5, 5.41) is 15.3. The van der Waals surface area contributed by atoms with Gasteiger partial charge in [-0.2, -0.15) is 0 Å². The molecule has 6 N–H and O–H groups in total. The molecule has 2 aromatic carbocycles. The normalized spacial score (nSPS) is 12.4. The number of nitrogens with two attached hydrogens (primary N) is 1. The molecule has 0 saturated carbocycles. The third-order valence-electron chi connectivity index (χ3n) is 7.63. The zero-order valence-corrected chi connectivity index (χ0v) is 31.6. The largest absolute Gasteiger partial charge is 0.480 e. The number of fused-ring (bicyclic) bond motifs is 1. The summed E-state index contributed by atoms with van der Waals surface area (Å²) in [7, 11) is -4.00. The van der Waals surface area contributed by atoms with Crippen molar-refractivity contribution in [1.29, 1.82) is 0 Å². The van der Waals surface area contributed by atoms with Crippen LogP contribution in [0.15, 0.2) is 77.1 Å². The number of aliphatic imine (C=N–C) groups is 1. The average Bonchev–Trinajstić information content (AvgIpc) is 3.52. The maximum Gasteiger partial charge on any atom is 0.413 e. The van der Waals surface area contributed by atoms with Crippen molar-refractivity contribution in [2.24, 2.45) is 10.7 Å². The number of rotatable bonds is 16. The molecule has 3 amide bonds. The predicted octanol–water partition coefficient (Wildman–Crippen LogP) is 2.76. The molecule has 0 spiro atoms. The highest BCUT2D eigenvalue weighted by atomic mass is 32.2. The Morgan fingerprint density at radius 3 is 2.40 bits per heavy atom. The van der Waals surface area contributed by atoms with Crippen LogP contribution in [-0.2, 0) is 42.2 Å². The van der Waals surface area contributed by atoms with Crippen molar-refractivity contribution in [3.8, 4) is 0 Å². The summed E-state index contributed by atoms with van der Waals surface area (Å²) in [5.41, 5.74) is 6.99. The molecule has 19 nitrogen and oxygen atoms in total. The van der Waals surface area contributed by atoms with Gasteiger partial charge in [0.2, 0.25) is 11.9 Å². The van der Waals surface area contributed by atoms with E-state index in [9.17, 15) is 32.7 Å². The number of aryl methyl sites for hydroxylation is 1. The van der Waals surface area contributed by atoms with Gasteiger partial charge in [-0.3, -0.25) is 15.1 Å². The number of alkyl carbamates (subject to hydrolysis) is 1. The van der Waals surface area contributed by atoms with Gasteiger partial charge in [-0.05, 0) is 58.2 Å². The molecule has 0 unspecified atom stereocenters. The van der Waals surface area contributed by atoms with Crippen LogP contribution in [-0.4, -0.2) is 99.2 Å². The molecule has 0 fully saturated rings. The average molecular weight is 781 g/mol. The number of amides is 3. The Kier molecular flexibility index (Phi) is 14.0. The molecule has 0 radical (unpaired) electrons. The number of nitrogens with one attached hydrogen (secondary N) is 3. The topological polar surface area (TPSA) is 262 Å². The first-order valence-corrected chi connectivity index (χ1v) is 18.5. The molecular formula is C35H44N10O9S. The number of carbonyl (C=O) groups excluding carboxylic acids is 3. The fourth-order valence-electron chi connectivity index (χ4n) is 5.07. The molecule has 0 bridgehead atoms. The number of aromatic nitrogens is 4. The molecule has 0 aliphatic rings. The molecule has 20 heteroatoms.